The molecule has 9 rings (SSSR count). The summed E-state index contributed by atoms with van der Waals surface area (Å²) in [5, 5.41) is 2.04. The van der Waals surface area contributed by atoms with Crippen molar-refractivity contribution >= 4 is 27.5 Å². The highest BCUT2D eigenvalue weighted by atomic mass is 16.3. The van der Waals surface area contributed by atoms with Gasteiger partial charge in [-0.1, -0.05) is 164 Å². The Hall–Kier alpha value is -6.39. The Balaban J connectivity index is 1.15. The molecule has 1 unspecified atom stereocenters. The summed E-state index contributed by atoms with van der Waals surface area (Å²) < 4.78 is 6.64. The molecule has 0 amide bonds. The third-order valence-corrected chi connectivity index (χ3v) is 9.29. The van der Waals surface area contributed by atoms with E-state index in [9.17, 15) is 0 Å². The molecule has 1 atom stereocenters. The Bertz CT molecular complexity index is 2500. The Morgan fingerprint density at radius 3 is 1.82 bits per heavy atom. The van der Waals surface area contributed by atoms with Gasteiger partial charge in [0.05, 0.1) is 0 Å². The predicted octanol–water partition coefficient (Wildman–Crippen LogP) is 11.6. The first-order chi connectivity index (χ1) is 24.3. The Kier molecular flexibility index (Phi) is 7.25. The summed E-state index contributed by atoms with van der Waals surface area (Å²) in [4.78, 5) is 15.3. The number of hydrogen-bond donors (Lipinski definition) is 0. The first kappa shape index (κ1) is 28.8. The smallest absolute Gasteiger partial charge is 0.164 e. The van der Waals surface area contributed by atoms with Crippen LogP contribution < -0.4 is 0 Å². The van der Waals surface area contributed by atoms with Crippen LogP contribution in [-0.4, -0.2) is 15.0 Å². The second-order valence-corrected chi connectivity index (χ2v) is 12.3. The molecule has 232 valence electrons. The zero-order valence-corrected chi connectivity index (χ0v) is 26.7. The van der Waals surface area contributed by atoms with Crippen molar-refractivity contribution in [1.29, 1.82) is 0 Å². The average molecular weight is 630 g/mol. The van der Waals surface area contributed by atoms with Crippen LogP contribution in [0.4, 0.5) is 0 Å². The summed E-state index contributed by atoms with van der Waals surface area (Å²) in [6.07, 6.45) is 7.50. The average Bonchev–Trinajstić information content (AvgIpc) is 3.58. The maximum atomic E-state index is 6.64. The number of allylic oxidation sites excluding steroid dienone is 4. The highest BCUT2D eigenvalue weighted by Gasteiger charge is 2.22. The summed E-state index contributed by atoms with van der Waals surface area (Å²) in [6, 6.07) is 52.3. The summed E-state index contributed by atoms with van der Waals surface area (Å²) in [7, 11) is 0. The van der Waals surface area contributed by atoms with Gasteiger partial charge in [0.25, 0.3) is 0 Å². The van der Waals surface area contributed by atoms with E-state index in [2.05, 4.69) is 127 Å². The molecule has 1 aliphatic carbocycles. The van der Waals surface area contributed by atoms with Crippen molar-refractivity contribution in [3.63, 3.8) is 0 Å². The minimum atomic E-state index is 0.0300. The fourth-order valence-corrected chi connectivity index (χ4v) is 6.79. The number of benzene rings is 6. The third-order valence-electron chi connectivity index (χ3n) is 9.29. The molecule has 49 heavy (non-hydrogen) atoms. The lowest BCUT2D eigenvalue weighted by atomic mass is 9.92. The maximum absolute atomic E-state index is 6.64. The van der Waals surface area contributed by atoms with Crippen LogP contribution in [0.25, 0.3) is 72.5 Å². The molecular weight excluding hydrogens is 599 g/mol. The molecule has 2 heterocycles. The van der Waals surface area contributed by atoms with Crippen LogP contribution in [0.15, 0.2) is 174 Å². The molecule has 0 fully saturated rings. The molecule has 0 saturated heterocycles. The largest absolute Gasteiger partial charge is 0.455 e. The Morgan fingerprint density at radius 1 is 0.490 bits per heavy atom. The normalized spacial score (nSPS) is 14.3. The number of rotatable bonds is 6. The lowest BCUT2D eigenvalue weighted by Crippen LogP contribution is -2.08. The summed E-state index contributed by atoms with van der Waals surface area (Å²) in [5.41, 5.74) is 10.5. The monoisotopic (exact) mass is 629 g/mol. The highest BCUT2D eigenvalue weighted by molar-refractivity contribution is 6.15. The minimum Gasteiger partial charge on any atom is -0.455 e. The van der Waals surface area contributed by atoms with E-state index in [1.165, 1.54) is 22.3 Å². The quantitative estimate of drug-likeness (QED) is 0.184. The van der Waals surface area contributed by atoms with Crippen LogP contribution in [0.2, 0.25) is 0 Å². The zero-order valence-electron chi connectivity index (χ0n) is 26.7. The van der Waals surface area contributed by atoms with Gasteiger partial charge in [-0.15, -0.1) is 0 Å². The van der Waals surface area contributed by atoms with E-state index in [0.717, 1.165) is 56.4 Å². The molecule has 2 aromatic heterocycles. The van der Waals surface area contributed by atoms with Crippen molar-refractivity contribution in [3.8, 4) is 45.0 Å². The number of hydrogen-bond acceptors (Lipinski definition) is 4. The van der Waals surface area contributed by atoms with Gasteiger partial charge in [0, 0.05) is 33.4 Å². The van der Waals surface area contributed by atoms with Gasteiger partial charge in [0.2, 0.25) is 0 Å². The van der Waals surface area contributed by atoms with Gasteiger partial charge < -0.3 is 4.42 Å². The van der Waals surface area contributed by atoms with Crippen LogP contribution in [0, 0.1) is 0 Å². The van der Waals surface area contributed by atoms with Crippen LogP contribution >= 0.6 is 0 Å². The first-order valence-electron chi connectivity index (χ1n) is 16.6. The van der Waals surface area contributed by atoms with Crippen molar-refractivity contribution in [2.75, 3.05) is 0 Å². The van der Waals surface area contributed by atoms with E-state index >= 15 is 0 Å². The molecule has 0 radical (unpaired) electrons. The van der Waals surface area contributed by atoms with Crippen LogP contribution in [0.1, 0.15) is 23.7 Å². The zero-order chi connectivity index (χ0) is 32.6. The molecule has 0 spiro atoms. The number of aromatic nitrogens is 3. The molecule has 0 saturated carbocycles. The van der Waals surface area contributed by atoms with Crippen LogP contribution in [0.5, 0.6) is 0 Å². The fraction of sp³-hybridized carbons (Fsp3) is 0.0444. The molecule has 4 nitrogen and oxygen atoms in total. The van der Waals surface area contributed by atoms with E-state index in [0.29, 0.717) is 11.6 Å². The molecule has 0 bridgehead atoms. The molecule has 8 aromatic rings. The van der Waals surface area contributed by atoms with Crippen LogP contribution in [-0.2, 0) is 0 Å². The van der Waals surface area contributed by atoms with Crippen LogP contribution in [0.3, 0.4) is 0 Å². The Morgan fingerprint density at radius 2 is 1.10 bits per heavy atom. The molecule has 4 heteroatoms. The minimum absolute atomic E-state index is 0.0300. The third kappa shape index (κ3) is 5.43. The second-order valence-electron chi connectivity index (χ2n) is 12.3. The molecular formula is C45H31N3O. The van der Waals surface area contributed by atoms with Gasteiger partial charge in [-0.25, -0.2) is 15.0 Å². The lowest BCUT2D eigenvalue weighted by molar-refractivity contribution is 0.670. The van der Waals surface area contributed by atoms with Crippen molar-refractivity contribution in [3.05, 3.63) is 181 Å². The van der Waals surface area contributed by atoms with Crippen molar-refractivity contribution in [2.45, 2.75) is 12.3 Å². The van der Waals surface area contributed by atoms with Crippen molar-refractivity contribution in [1.82, 2.24) is 15.0 Å². The molecule has 6 aromatic carbocycles. The van der Waals surface area contributed by atoms with E-state index in [-0.39, 0.29) is 5.92 Å². The molecule has 0 N–H and O–H groups in total. The van der Waals surface area contributed by atoms with Crippen molar-refractivity contribution < 1.29 is 4.42 Å². The second kappa shape index (κ2) is 12.3. The number of nitrogens with zero attached hydrogens (tertiary/aromatic N) is 3. The summed E-state index contributed by atoms with van der Waals surface area (Å²) >= 11 is 0. The summed E-state index contributed by atoms with van der Waals surface area (Å²) in [6.45, 7) is 0. The topological polar surface area (TPSA) is 51.8 Å². The van der Waals surface area contributed by atoms with E-state index in [1.807, 2.05) is 42.5 Å². The number of para-hydroxylation sites is 1. The van der Waals surface area contributed by atoms with Gasteiger partial charge in [-0.05, 0) is 40.3 Å². The van der Waals surface area contributed by atoms with Gasteiger partial charge in [0.1, 0.15) is 17.0 Å². The maximum Gasteiger partial charge on any atom is 0.164 e. The number of furan rings is 1. The predicted molar refractivity (Wildman–Crippen MR) is 200 cm³/mol. The van der Waals surface area contributed by atoms with Gasteiger partial charge >= 0.3 is 0 Å². The van der Waals surface area contributed by atoms with Gasteiger partial charge in [-0.2, -0.15) is 0 Å². The number of fused-ring (bicyclic) bond motifs is 3. The van der Waals surface area contributed by atoms with E-state index in [1.54, 1.807) is 0 Å². The van der Waals surface area contributed by atoms with Gasteiger partial charge in [0.15, 0.2) is 11.6 Å². The molecule has 1 aliphatic rings. The molecule has 0 aliphatic heterocycles. The summed E-state index contributed by atoms with van der Waals surface area (Å²) in [5.74, 6) is 2.09. The lowest BCUT2D eigenvalue weighted by Gasteiger charge is -2.17. The highest BCUT2D eigenvalue weighted by Crippen LogP contribution is 2.41. The van der Waals surface area contributed by atoms with E-state index < -0.39 is 0 Å². The van der Waals surface area contributed by atoms with Gasteiger partial charge in [-0.3, -0.25) is 0 Å². The van der Waals surface area contributed by atoms with Crippen molar-refractivity contribution in [2.24, 2.45) is 0 Å². The SMILES string of the molecule is C1=CC(c2nc(-c3ccccc3)nc(-c3cccc4oc5c(-c6ccc(-c7ccccc7)cc6)cccc5c34)n2)CC=C1c1ccccc1. The fourth-order valence-electron chi connectivity index (χ4n) is 6.79. The van der Waals surface area contributed by atoms with E-state index in [4.69, 9.17) is 19.4 Å². The Labute approximate surface area is 284 Å². The first-order valence-corrected chi connectivity index (χ1v) is 16.6. The standard InChI is InChI=1S/C45H31N3O/c1-4-12-30(13-5-1)32-22-26-34(27-23-32)37-18-10-19-38-41-39(20-11-21-40(41)49-42(37)38)45-47-43(35-16-8-3-9-17-35)46-44(48-45)36-28-24-33(25-29-36)31-14-6-2-7-15-31/h1-28,36H,29H2.